The molecule has 546 valence electrons. The van der Waals surface area contributed by atoms with Crippen molar-refractivity contribution >= 4 is 5.97 Å². The summed E-state index contributed by atoms with van der Waals surface area (Å²) >= 11 is 0. The molecule has 32 heteroatoms. The van der Waals surface area contributed by atoms with Gasteiger partial charge in [-0.3, -0.25) is 4.79 Å². The zero-order valence-corrected chi connectivity index (χ0v) is 54.5. The quantitative estimate of drug-likeness (QED) is 0.0437. The second-order valence-electron chi connectivity index (χ2n) is 30.8. The van der Waals surface area contributed by atoms with Gasteiger partial charge in [0.15, 0.2) is 37.6 Å². The summed E-state index contributed by atoms with van der Waals surface area (Å²) in [5, 5.41) is 213. The fourth-order valence-electron chi connectivity index (χ4n) is 18.9. The molecule has 6 saturated heterocycles. The van der Waals surface area contributed by atoms with E-state index in [1.54, 1.807) is 6.92 Å². The number of aliphatic hydroxyl groups excluding tert-OH is 19. The van der Waals surface area contributed by atoms with Gasteiger partial charge in [-0.05, 0) is 92.3 Å². The zero-order valence-electron chi connectivity index (χ0n) is 54.5. The lowest BCUT2D eigenvalue weighted by atomic mass is 9.32. The van der Waals surface area contributed by atoms with Gasteiger partial charge in [0, 0.05) is 11.3 Å². The average Bonchev–Trinajstić information content (AvgIpc) is 0.666. The Balaban J connectivity index is 0.805. The molecule has 5 aliphatic carbocycles. The molecule has 95 heavy (non-hydrogen) atoms. The number of allylic oxidation sites excluding steroid dienone is 2. The van der Waals surface area contributed by atoms with E-state index in [0.29, 0.717) is 19.3 Å². The SMILES string of the molecule is CC1OC(OC2C(OC3OCC(O)C(O)C3O)COC(OC3C(C)OC(OC4C(OC(=O)C56CCC(C)(C)CC5C5=CCC7C8(C)CC(O)C(OC9OC(CO)C(O)C(O)C9O)C(C)(CO)C8C(O)CC7(C)C5(C)CC6O)OCC(O)C4O)C(O)C3O)C2O)C(O)C(O)C1O. The average molecular weight is 1370 g/mol. The third kappa shape index (κ3) is 12.4. The lowest BCUT2D eigenvalue weighted by Gasteiger charge is -2.73. The highest BCUT2D eigenvalue weighted by Crippen LogP contribution is 2.76. The van der Waals surface area contributed by atoms with Crippen molar-refractivity contribution < 1.29 is 159 Å². The molecule has 0 aromatic rings. The first-order chi connectivity index (χ1) is 44.4. The van der Waals surface area contributed by atoms with Gasteiger partial charge in [-0.1, -0.05) is 53.2 Å². The molecule has 39 unspecified atom stereocenters. The summed E-state index contributed by atoms with van der Waals surface area (Å²) < 4.78 is 71.2. The molecule has 11 rings (SSSR count). The first kappa shape index (κ1) is 74.2. The minimum Gasteiger partial charge on any atom is -0.432 e. The van der Waals surface area contributed by atoms with Crippen LogP contribution in [0.3, 0.4) is 0 Å². The third-order valence-electron chi connectivity index (χ3n) is 24.4. The van der Waals surface area contributed by atoms with E-state index in [2.05, 4.69) is 19.9 Å². The molecule has 4 saturated carbocycles. The minimum atomic E-state index is -2.07. The lowest BCUT2D eigenvalue weighted by molar-refractivity contribution is -0.386. The van der Waals surface area contributed by atoms with E-state index in [9.17, 15) is 97.0 Å². The second-order valence-corrected chi connectivity index (χ2v) is 30.8. The van der Waals surface area contributed by atoms with Crippen LogP contribution >= 0.6 is 0 Å². The maximum Gasteiger partial charge on any atom is 0.317 e. The zero-order chi connectivity index (χ0) is 69.5. The van der Waals surface area contributed by atoms with Crippen molar-refractivity contribution in [1.29, 1.82) is 0 Å². The maximum atomic E-state index is 15.6. The van der Waals surface area contributed by atoms with Gasteiger partial charge < -0.3 is 154 Å². The molecule has 6 aliphatic heterocycles. The van der Waals surface area contributed by atoms with Gasteiger partial charge >= 0.3 is 5.97 Å². The van der Waals surface area contributed by atoms with Gasteiger partial charge in [0.1, 0.15) is 115 Å². The number of fused-ring (bicyclic) bond motifs is 7. The molecule has 0 bridgehead atoms. The molecule has 6 heterocycles. The van der Waals surface area contributed by atoms with Crippen molar-refractivity contribution in [2.45, 2.75) is 291 Å². The molecule has 0 aromatic carbocycles. The number of rotatable bonds is 14. The Morgan fingerprint density at radius 1 is 0.505 bits per heavy atom. The van der Waals surface area contributed by atoms with Crippen molar-refractivity contribution in [2.75, 3.05) is 33.0 Å². The fourth-order valence-corrected chi connectivity index (χ4v) is 18.9. The van der Waals surface area contributed by atoms with Crippen LogP contribution in [-0.2, 0) is 61.6 Å². The van der Waals surface area contributed by atoms with Crippen LogP contribution < -0.4 is 0 Å². The van der Waals surface area contributed by atoms with Gasteiger partial charge in [-0.25, -0.2) is 0 Å². The second kappa shape index (κ2) is 27.3. The van der Waals surface area contributed by atoms with Crippen LogP contribution in [0.5, 0.6) is 0 Å². The van der Waals surface area contributed by atoms with Gasteiger partial charge in [-0.15, -0.1) is 0 Å². The molecule has 10 fully saturated rings. The number of carbonyl (C=O) groups excluding carboxylic acids is 1. The number of esters is 1. The molecule has 11 aliphatic rings. The summed E-state index contributed by atoms with van der Waals surface area (Å²) in [5.41, 5.74) is -5.40. The van der Waals surface area contributed by atoms with Crippen molar-refractivity contribution in [3.05, 3.63) is 11.6 Å². The number of hydrogen-bond acceptors (Lipinski definition) is 32. The van der Waals surface area contributed by atoms with E-state index in [1.165, 1.54) is 13.8 Å². The van der Waals surface area contributed by atoms with Crippen LogP contribution in [0, 0.1) is 50.2 Å². The lowest BCUT2D eigenvalue weighted by Crippen LogP contribution is -2.73. The largest absolute Gasteiger partial charge is 0.432 e. The van der Waals surface area contributed by atoms with E-state index < -0.39 is 274 Å². The summed E-state index contributed by atoms with van der Waals surface area (Å²) in [5.74, 6) is -2.73. The molecule has 39 atom stereocenters. The monoisotopic (exact) mass is 1370 g/mol. The normalized spacial score (nSPS) is 56.4. The van der Waals surface area contributed by atoms with Gasteiger partial charge in [0.05, 0.1) is 69.7 Å². The molecular weight excluding hydrogens is 1270 g/mol. The van der Waals surface area contributed by atoms with Crippen molar-refractivity contribution in [3.63, 3.8) is 0 Å². The van der Waals surface area contributed by atoms with Gasteiger partial charge in [0.25, 0.3) is 0 Å². The Kier molecular flexibility index (Phi) is 21.3. The van der Waals surface area contributed by atoms with Crippen LogP contribution in [0.15, 0.2) is 11.6 Å². The molecular formula is C63H102O32. The molecule has 0 radical (unpaired) electrons. The molecule has 19 N–H and O–H groups in total. The van der Waals surface area contributed by atoms with Crippen LogP contribution in [0.2, 0.25) is 0 Å². The van der Waals surface area contributed by atoms with Crippen molar-refractivity contribution in [3.8, 4) is 0 Å². The first-order valence-electron chi connectivity index (χ1n) is 33.2. The summed E-state index contributed by atoms with van der Waals surface area (Å²) in [6.45, 7) is 11.6. The topological polar surface area (TPSA) is 512 Å². The Hall–Kier alpha value is -1.99. The molecule has 0 amide bonds. The Morgan fingerprint density at radius 3 is 1.72 bits per heavy atom. The van der Waals surface area contributed by atoms with Gasteiger partial charge in [-0.2, -0.15) is 0 Å². The van der Waals surface area contributed by atoms with E-state index in [-0.39, 0.29) is 31.6 Å². The first-order valence-corrected chi connectivity index (χ1v) is 33.2. The number of hydrogen-bond donors (Lipinski definition) is 19. The van der Waals surface area contributed by atoms with Gasteiger partial charge in [0.2, 0.25) is 6.29 Å². The highest BCUT2D eigenvalue weighted by Gasteiger charge is 2.75. The summed E-state index contributed by atoms with van der Waals surface area (Å²) in [6, 6.07) is 0. The van der Waals surface area contributed by atoms with E-state index >= 15 is 4.79 Å². The smallest absolute Gasteiger partial charge is 0.317 e. The predicted octanol–water partition coefficient (Wildman–Crippen LogP) is -6.53. The number of carbonyl (C=O) groups is 1. The predicted molar refractivity (Wildman–Crippen MR) is 313 cm³/mol. The maximum absolute atomic E-state index is 15.6. The van der Waals surface area contributed by atoms with Crippen LogP contribution in [0.25, 0.3) is 0 Å². The van der Waals surface area contributed by atoms with E-state index in [1.807, 2.05) is 20.8 Å². The third-order valence-corrected chi connectivity index (χ3v) is 24.4. The highest BCUT2D eigenvalue weighted by atomic mass is 16.8. The Bertz CT molecular complexity index is 2700. The fraction of sp³-hybridized carbons (Fsp3) is 0.952. The highest BCUT2D eigenvalue weighted by molar-refractivity contribution is 5.80. The Morgan fingerprint density at radius 2 is 1.06 bits per heavy atom. The summed E-state index contributed by atoms with van der Waals surface area (Å²) in [4.78, 5) is 15.6. The molecule has 32 nitrogen and oxygen atoms in total. The van der Waals surface area contributed by atoms with Crippen LogP contribution in [-0.4, -0.2) is 326 Å². The minimum absolute atomic E-state index is 0.0182. The van der Waals surface area contributed by atoms with E-state index in [4.69, 9.17) is 56.8 Å². The van der Waals surface area contributed by atoms with E-state index in [0.717, 1.165) is 5.57 Å². The van der Waals surface area contributed by atoms with Crippen LogP contribution in [0.4, 0.5) is 0 Å². The summed E-state index contributed by atoms with van der Waals surface area (Å²) in [6.07, 6.45) is -47.6. The Labute approximate surface area is 548 Å². The number of ether oxygens (including phenoxy) is 12. The summed E-state index contributed by atoms with van der Waals surface area (Å²) in [7, 11) is 0. The number of aliphatic hydroxyl groups is 19. The standard InChI is InChI=1S/C63H102O32/c1-22-34(71)38(75)42(79)53(87-22)92-47-31(90-51-41(78)35(72)28(68)18-84-51)20-86-52(45(47)82)91-46-23(2)88-54(44(81)40(46)77)93-48-36(73)29(69)19-85-56(48)95-57(83)63-12-11-58(3,4)13-25(63)24-9-10-32-59(5)14-27(67)50(94-55-43(80)39(76)37(74)30(17-64)89-55)60(6,21-65)49(59)26(66)15-62(32,8)61(24,7)16-33(63)70/h9,22-23,25-56,64-82H,10-21H2,1-8H3. The van der Waals surface area contributed by atoms with Crippen LogP contribution in [0.1, 0.15) is 100 Å². The molecule has 0 spiro atoms. The van der Waals surface area contributed by atoms with Crippen molar-refractivity contribution in [1.82, 2.24) is 0 Å². The van der Waals surface area contributed by atoms with Crippen molar-refractivity contribution in [2.24, 2.45) is 50.2 Å². The molecule has 0 aromatic heterocycles.